The molecule has 2 heterocycles. The zero-order valence-corrected chi connectivity index (χ0v) is 11.0. The van der Waals surface area contributed by atoms with Crippen LogP contribution >= 0.6 is 11.7 Å². The van der Waals surface area contributed by atoms with Gasteiger partial charge in [-0.05, 0) is 24.3 Å². The van der Waals surface area contributed by atoms with E-state index in [9.17, 15) is 4.79 Å². The van der Waals surface area contributed by atoms with Crippen molar-refractivity contribution < 1.29 is 0 Å². The Kier molecular flexibility index (Phi) is 2.37. The molecule has 20 heavy (non-hydrogen) atoms. The number of hydrogen-bond donors (Lipinski definition) is 0. The molecule has 0 aliphatic heterocycles. The molecule has 96 valence electrons. The van der Waals surface area contributed by atoms with Gasteiger partial charge >= 0.3 is 0 Å². The minimum absolute atomic E-state index is 0.101. The number of nitrogens with zero attached hydrogens (tertiary/aromatic N) is 4. The highest BCUT2D eigenvalue weighted by molar-refractivity contribution is 7.00. The third-order valence-electron chi connectivity index (χ3n) is 3.19. The fourth-order valence-electron chi connectivity index (χ4n) is 2.23. The monoisotopic (exact) mass is 280 g/mol. The molecule has 2 aromatic heterocycles. The molecule has 0 radical (unpaired) electrons. The number of fused-ring (bicyclic) bond motifs is 2. The van der Waals surface area contributed by atoms with Crippen molar-refractivity contribution in [2.45, 2.75) is 0 Å². The van der Waals surface area contributed by atoms with Gasteiger partial charge in [-0.25, -0.2) is 4.98 Å². The lowest BCUT2D eigenvalue weighted by atomic mass is 10.2. The number of rotatable bonds is 1. The maximum atomic E-state index is 12.6. The summed E-state index contributed by atoms with van der Waals surface area (Å²) in [6.45, 7) is 0. The van der Waals surface area contributed by atoms with Gasteiger partial charge in [0, 0.05) is 0 Å². The third-order valence-corrected chi connectivity index (χ3v) is 3.73. The fraction of sp³-hybridized carbons (Fsp3) is 0. The van der Waals surface area contributed by atoms with Gasteiger partial charge in [0.15, 0.2) is 0 Å². The van der Waals surface area contributed by atoms with E-state index in [-0.39, 0.29) is 5.56 Å². The number of hydrogen-bond acceptors (Lipinski definition) is 5. The highest BCUT2D eigenvalue weighted by Gasteiger charge is 2.10. The van der Waals surface area contributed by atoms with Crippen LogP contribution in [0.15, 0.2) is 53.6 Å². The summed E-state index contributed by atoms with van der Waals surface area (Å²) in [6, 6.07) is 12.9. The first kappa shape index (κ1) is 11.2. The number of para-hydroxylation sites is 1. The molecule has 0 atom stereocenters. The molecule has 0 fully saturated rings. The first-order valence-electron chi connectivity index (χ1n) is 6.03. The summed E-state index contributed by atoms with van der Waals surface area (Å²) in [5, 5.41) is 0.593. The Morgan fingerprint density at radius 1 is 0.950 bits per heavy atom. The maximum absolute atomic E-state index is 12.6. The quantitative estimate of drug-likeness (QED) is 0.537. The van der Waals surface area contributed by atoms with Gasteiger partial charge in [-0.3, -0.25) is 9.36 Å². The molecule has 2 aromatic carbocycles. The zero-order valence-electron chi connectivity index (χ0n) is 10.2. The van der Waals surface area contributed by atoms with E-state index < -0.39 is 0 Å². The van der Waals surface area contributed by atoms with E-state index >= 15 is 0 Å². The van der Waals surface area contributed by atoms with Crippen LogP contribution in [0.3, 0.4) is 0 Å². The van der Waals surface area contributed by atoms with Gasteiger partial charge in [0.05, 0.1) is 28.3 Å². The van der Waals surface area contributed by atoms with Crippen LogP contribution in [0.1, 0.15) is 0 Å². The summed E-state index contributed by atoms with van der Waals surface area (Å²) < 4.78 is 9.97. The van der Waals surface area contributed by atoms with E-state index in [1.807, 2.05) is 36.4 Å². The molecule has 0 saturated carbocycles. The van der Waals surface area contributed by atoms with Crippen LogP contribution in [0.5, 0.6) is 0 Å². The Balaban J connectivity index is 2.10. The molecular weight excluding hydrogens is 272 g/mol. The van der Waals surface area contributed by atoms with Gasteiger partial charge in [0.1, 0.15) is 17.4 Å². The van der Waals surface area contributed by atoms with Gasteiger partial charge in [-0.2, -0.15) is 8.75 Å². The fourth-order valence-corrected chi connectivity index (χ4v) is 2.77. The summed E-state index contributed by atoms with van der Waals surface area (Å²) in [7, 11) is 0. The minimum Gasteiger partial charge on any atom is -0.268 e. The predicted octanol–water partition coefficient (Wildman–Crippen LogP) is 2.39. The third kappa shape index (κ3) is 1.55. The Hall–Kier alpha value is -2.60. The van der Waals surface area contributed by atoms with E-state index in [0.717, 1.165) is 22.8 Å². The maximum Gasteiger partial charge on any atom is 0.265 e. The summed E-state index contributed by atoms with van der Waals surface area (Å²) in [6.07, 6.45) is 1.54. The topological polar surface area (TPSA) is 60.7 Å². The smallest absolute Gasteiger partial charge is 0.265 e. The van der Waals surface area contributed by atoms with E-state index in [2.05, 4.69) is 13.7 Å². The van der Waals surface area contributed by atoms with E-state index in [0.29, 0.717) is 16.6 Å². The van der Waals surface area contributed by atoms with Gasteiger partial charge in [-0.1, -0.05) is 18.2 Å². The van der Waals surface area contributed by atoms with Crippen LogP contribution in [-0.4, -0.2) is 18.3 Å². The Morgan fingerprint density at radius 2 is 1.80 bits per heavy atom. The molecule has 0 saturated heterocycles. The van der Waals surface area contributed by atoms with Crippen LogP contribution < -0.4 is 5.56 Å². The standard InChI is InChI=1S/C14H8N4OS/c19-14-9-4-1-2-5-10(9)15-8-18(14)12-7-3-6-11-13(12)17-20-16-11/h1-8H. The van der Waals surface area contributed by atoms with Gasteiger partial charge in [0.25, 0.3) is 5.56 Å². The van der Waals surface area contributed by atoms with E-state index in [4.69, 9.17) is 0 Å². The van der Waals surface area contributed by atoms with Crippen molar-refractivity contribution in [1.29, 1.82) is 0 Å². The molecule has 0 spiro atoms. The second-order valence-corrected chi connectivity index (χ2v) is 4.87. The van der Waals surface area contributed by atoms with Crippen molar-refractivity contribution >= 4 is 33.7 Å². The lowest BCUT2D eigenvalue weighted by Gasteiger charge is -2.06. The lowest BCUT2D eigenvalue weighted by Crippen LogP contribution is -2.19. The molecule has 4 aromatic rings. The average Bonchev–Trinajstić information content (AvgIpc) is 2.97. The first-order valence-corrected chi connectivity index (χ1v) is 6.76. The van der Waals surface area contributed by atoms with Crippen molar-refractivity contribution in [3.8, 4) is 5.69 Å². The van der Waals surface area contributed by atoms with Gasteiger partial charge < -0.3 is 0 Å². The molecule has 6 heteroatoms. The van der Waals surface area contributed by atoms with Crippen molar-refractivity contribution in [2.24, 2.45) is 0 Å². The molecule has 5 nitrogen and oxygen atoms in total. The predicted molar refractivity (Wildman–Crippen MR) is 78.3 cm³/mol. The largest absolute Gasteiger partial charge is 0.268 e. The van der Waals surface area contributed by atoms with Gasteiger partial charge in [0.2, 0.25) is 0 Å². The number of benzene rings is 2. The second kappa shape index (κ2) is 4.21. The van der Waals surface area contributed by atoms with Crippen LogP contribution in [0.4, 0.5) is 0 Å². The molecular formula is C14H8N4OS. The molecule has 0 aliphatic rings. The summed E-state index contributed by atoms with van der Waals surface area (Å²) in [5.74, 6) is 0. The molecule has 4 rings (SSSR count). The Labute approximate surface area is 117 Å². The SMILES string of the molecule is O=c1c2ccccc2ncn1-c1cccc2nsnc12. The zero-order chi connectivity index (χ0) is 13.5. The van der Waals surface area contributed by atoms with Crippen LogP contribution in [0, 0.1) is 0 Å². The summed E-state index contributed by atoms with van der Waals surface area (Å²) >= 11 is 1.14. The number of aromatic nitrogens is 4. The summed E-state index contributed by atoms with van der Waals surface area (Å²) in [5.41, 5.74) is 2.80. The van der Waals surface area contributed by atoms with E-state index in [1.165, 1.54) is 4.57 Å². The van der Waals surface area contributed by atoms with Crippen LogP contribution in [0.2, 0.25) is 0 Å². The highest BCUT2D eigenvalue weighted by atomic mass is 32.1. The average molecular weight is 280 g/mol. The molecule has 0 bridgehead atoms. The molecule has 0 aliphatic carbocycles. The molecule has 0 unspecified atom stereocenters. The van der Waals surface area contributed by atoms with Crippen molar-refractivity contribution in [2.75, 3.05) is 0 Å². The highest BCUT2D eigenvalue weighted by Crippen LogP contribution is 2.19. The lowest BCUT2D eigenvalue weighted by molar-refractivity contribution is 0.969. The first-order chi connectivity index (χ1) is 9.84. The van der Waals surface area contributed by atoms with E-state index in [1.54, 1.807) is 12.4 Å². The molecule has 0 N–H and O–H groups in total. The minimum atomic E-state index is -0.101. The summed E-state index contributed by atoms with van der Waals surface area (Å²) in [4.78, 5) is 16.9. The molecule has 0 amide bonds. The Morgan fingerprint density at radius 3 is 2.75 bits per heavy atom. The normalized spacial score (nSPS) is 11.2. The second-order valence-electron chi connectivity index (χ2n) is 4.35. The van der Waals surface area contributed by atoms with Crippen molar-refractivity contribution in [1.82, 2.24) is 18.3 Å². The van der Waals surface area contributed by atoms with Crippen molar-refractivity contribution in [3.05, 3.63) is 59.1 Å². The Bertz CT molecular complexity index is 989. The van der Waals surface area contributed by atoms with Crippen LogP contribution in [-0.2, 0) is 0 Å². The van der Waals surface area contributed by atoms with Crippen molar-refractivity contribution in [3.63, 3.8) is 0 Å². The van der Waals surface area contributed by atoms with Gasteiger partial charge in [-0.15, -0.1) is 0 Å². The van der Waals surface area contributed by atoms with Crippen LogP contribution in [0.25, 0.3) is 27.6 Å².